The third kappa shape index (κ3) is 4.24. The molecule has 2 N–H and O–H groups in total. The van der Waals surface area contributed by atoms with Crippen molar-refractivity contribution in [3.8, 4) is 0 Å². The Balaban J connectivity index is 1.62. The quantitative estimate of drug-likeness (QED) is 0.860. The Hall–Kier alpha value is -2.25. The number of nitrogens with zero attached hydrogens (tertiary/aromatic N) is 3. The average Bonchev–Trinajstić information content (AvgIpc) is 3.01. The molecule has 1 aromatic heterocycles. The number of aryl methyl sites for hydroxylation is 1. The second kappa shape index (κ2) is 7.76. The van der Waals surface area contributed by atoms with Crippen molar-refractivity contribution in [2.45, 2.75) is 19.0 Å². The summed E-state index contributed by atoms with van der Waals surface area (Å²) in [7, 11) is 1.96. The van der Waals surface area contributed by atoms with Crippen LogP contribution in [-0.2, 0) is 11.8 Å². The predicted octanol–water partition coefficient (Wildman–Crippen LogP) is 1.38. The summed E-state index contributed by atoms with van der Waals surface area (Å²) in [6.07, 6.45) is 3.69. The number of imidazole rings is 1. The van der Waals surface area contributed by atoms with Crippen LogP contribution in [0.4, 0.5) is 4.39 Å². The van der Waals surface area contributed by atoms with E-state index in [1.54, 1.807) is 18.3 Å². The second-order valence-electron chi connectivity index (χ2n) is 6.43. The van der Waals surface area contributed by atoms with E-state index in [1.165, 1.54) is 12.1 Å². The first-order valence-electron chi connectivity index (χ1n) is 8.51. The van der Waals surface area contributed by atoms with Crippen molar-refractivity contribution >= 4 is 5.91 Å². The Kier molecular flexibility index (Phi) is 5.45. The van der Waals surface area contributed by atoms with Crippen molar-refractivity contribution in [3.63, 3.8) is 0 Å². The van der Waals surface area contributed by atoms with Crippen LogP contribution in [0.1, 0.15) is 30.4 Å². The average molecular weight is 345 g/mol. The van der Waals surface area contributed by atoms with Gasteiger partial charge in [-0.05, 0) is 24.6 Å². The predicted molar refractivity (Wildman–Crippen MR) is 93.3 cm³/mol. The van der Waals surface area contributed by atoms with Crippen LogP contribution in [0.2, 0.25) is 0 Å². The van der Waals surface area contributed by atoms with Gasteiger partial charge in [-0.25, -0.2) is 9.37 Å². The van der Waals surface area contributed by atoms with Crippen molar-refractivity contribution in [1.29, 1.82) is 0 Å². The number of piperazine rings is 1. The van der Waals surface area contributed by atoms with E-state index in [2.05, 4.69) is 20.5 Å². The van der Waals surface area contributed by atoms with Gasteiger partial charge in [-0.2, -0.15) is 0 Å². The second-order valence-corrected chi connectivity index (χ2v) is 6.43. The van der Waals surface area contributed by atoms with E-state index in [4.69, 9.17) is 0 Å². The summed E-state index contributed by atoms with van der Waals surface area (Å²) in [5.74, 6) is 0.630. The topological polar surface area (TPSA) is 62.2 Å². The molecule has 1 saturated heterocycles. The maximum Gasteiger partial charge on any atom is 0.234 e. The summed E-state index contributed by atoms with van der Waals surface area (Å²) in [5.41, 5.74) is 0.885. The Morgan fingerprint density at radius 1 is 1.44 bits per heavy atom. The van der Waals surface area contributed by atoms with Gasteiger partial charge in [-0.15, -0.1) is 0 Å². The lowest BCUT2D eigenvalue weighted by molar-refractivity contribution is -0.123. The van der Waals surface area contributed by atoms with Gasteiger partial charge in [-0.1, -0.05) is 12.1 Å². The number of carbonyl (C=O) groups is 1. The van der Waals surface area contributed by atoms with Crippen LogP contribution in [0, 0.1) is 5.82 Å². The molecule has 2 unspecified atom stereocenters. The molecule has 0 aliphatic carbocycles. The van der Waals surface area contributed by atoms with E-state index >= 15 is 0 Å². The fraction of sp³-hybridized carbons (Fsp3) is 0.444. The number of hydrogen-bond donors (Lipinski definition) is 2. The normalized spacial score (nSPS) is 19.6. The molecule has 0 saturated carbocycles. The van der Waals surface area contributed by atoms with Gasteiger partial charge in [0.05, 0.1) is 18.6 Å². The van der Waals surface area contributed by atoms with Gasteiger partial charge in [0.2, 0.25) is 5.91 Å². The first kappa shape index (κ1) is 17.6. The number of amides is 1. The van der Waals surface area contributed by atoms with Gasteiger partial charge in [0.25, 0.3) is 0 Å². The Labute approximate surface area is 147 Å². The zero-order chi connectivity index (χ0) is 17.8. The molecule has 1 aromatic carbocycles. The number of benzene rings is 1. The summed E-state index contributed by atoms with van der Waals surface area (Å²) < 4.78 is 15.0. The Morgan fingerprint density at radius 3 is 2.88 bits per heavy atom. The third-order valence-corrected chi connectivity index (χ3v) is 4.60. The molecule has 0 bridgehead atoms. The van der Waals surface area contributed by atoms with Crippen molar-refractivity contribution in [1.82, 2.24) is 25.1 Å². The highest BCUT2D eigenvalue weighted by molar-refractivity contribution is 5.78. The minimum atomic E-state index is -0.277. The van der Waals surface area contributed by atoms with Gasteiger partial charge in [0.15, 0.2) is 0 Å². The van der Waals surface area contributed by atoms with Crippen molar-refractivity contribution < 1.29 is 9.18 Å². The fourth-order valence-corrected chi connectivity index (χ4v) is 3.19. The van der Waals surface area contributed by atoms with Crippen LogP contribution in [0.3, 0.4) is 0 Å². The van der Waals surface area contributed by atoms with E-state index in [-0.39, 0.29) is 23.8 Å². The Morgan fingerprint density at radius 2 is 2.20 bits per heavy atom. The zero-order valence-electron chi connectivity index (χ0n) is 14.6. The number of rotatable bonds is 5. The molecule has 1 amide bonds. The van der Waals surface area contributed by atoms with Gasteiger partial charge in [0, 0.05) is 39.1 Å². The van der Waals surface area contributed by atoms with Crippen molar-refractivity contribution in [2.24, 2.45) is 7.05 Å². The smallest absolute Gasteiger partial charge is 0.234 e. The lowest BCUT2D eigenvalue weighted by atomic mass is 10.1. The number of nitrogens with one attached hydrogen (secondary N) is 2. The van der Waals surface area contributed by atoms with E-state index in [0.717, 1.165) is 31.0 Å². The highest BCUT2D eigenvalue weighted by atomic mass is 19.1. The minimum absolute atomic E-state index is 0.0436. The lowest BCUT2D eigenvalue weighted by Gasteiger charge is -2.35. The molecule has 1 aliphatic heterocycles. The fourth-order valence-electron chi connectivity index (χ4n) is 3.19. The molecular formula is C18H24FN5O. The number of halogens is 1. The number of hydrogen-bond acceptors (Lipinski definition) is 4. The van der Waals surface area contributed by atoms with Gasteiger partial charge < -0.3 is 15.2 Å². The van der Waals surface area contributed by atoms with Crippen LogP contribution in [0.15, 0.2) is 36.7 Å². The zero-order valence-corrected chi connectivity index (χ0v) is 14.6. The largest absolute Gasteiger partial charge is 0.348 e. The van der Waals surface area contributed by atoms with Crippen LogP contribution in [0.5, 0.6) is 0 Å². The molecule has 2 heterocycles. The molecule has 3 rings (SSSR count). The molecule has 0 radical (unpaired) electrons. The standard InChI is InChI=1S/C18H24FN5O/c1-13(14-3-5-15(19)6-4-14)22-17(25)12-24-10-7-20-11-16(24)18-21-8-9-23(18)2/h3-6,8-9,13,16,20H,7,10-12H2,1-2H3,(H,22,25). The lowest BCUT2D eigenvalue weighted by Crippen LogP contribution is -2.50. The number of aromatic nitrogens is 2. The van der Waals surface area contributed by atoms with Crippen LogP contribution in [0.25, 0.3) is 0 Å². The minimum Gasteiger partial charge on any atom is -0.348 e. The maximum absolute atomic E-state index is 13.0. The molecule has 6 nitrogen and oxygen atoms in total. The van der Waals surface area contributed by atoms with Gasteiger partial charge in [-0.3, -0.25) is 9.69 Å². The van der Waals surface area contributed by atoms with Crippen molar-refractivity contribution in [3.05, 3.63) is 53.9 Å². The van der Waals surface area contributed by atoms with Crippen LogP contribution >= 0.6 is 0 Å². The first-order chi connectivity index (χ1) is 12.0. The monoisotopic (exact) mass is 345 g/mol. The van der Waals surface area contributed by atoms with Gasteiger partial charge in [0.1, 0.15) is 11.6 Å². The highest BCUT2D eigenvalue weighted by Crippen LogP contribution is 2.20. The summed E-state index contributed by atoms with van der Waals surface area (Å²) in [4.78, 5) is 19.1. The molecule has 2 aromatic rings. The van der Waals surface area contributed by atoms with E-state index in [9.17, 15) is 9.18 Å². The first-order valence-corrected chi connectivity index (χ1v) is 8.51. The number of carbonyl (C=O) groups excluding carboxylic acids is 1. The maximum atomic E-state index is 13.0. The molecule has 2 atom stereocenters. The molecule has 0 spiro atoms. The van der Waals surface area contributed by atoms with Crippen LogP contribution < -0.4 is 10.6 Å². The third-order valence-electron chi connectivity index (χ3n) is 4.60. The molecule has 1 aliphatic rings. The summed E-state index contributed by atoms with van der Waals surface area (Å²) in [6.45, 7) is 4.62. The highest BCUT2D eigenvalue weighted by Gasteiger charge is 2.28. The van der Waals surface area contributed by atoms with Crippen LogP contribution in [-0.4, -0.2) is 46.5 Å². The van der Waals surface area contributed by atoms with Crippen molar-refractivity contribution in [2.75, 3.05) is 26.2 Å². The molecule has 134 valence electrons. The SMILES string of the molecule is CC(NC(=O)CN1CCNCC1c1nccn1C)c1ccc(F)cc1. The summed E-state index contributed by atoms with van der Waals surface area (Å²) in [6, 6.07) is 6.11. The molecular weight excluding hydrogens is 321 g/mol. The van der Waals surface area contributed by atoms with E-state index in [0.29, 0.717) is 6.54 Å². The van der Waals surface area contributed by atoms with E-state index in [1.807, 2.05) is 24.7 Å². The Bertz CT molecular complexity index is 715. The summed E-state index contributed by atoms with van der Waals surface area (Å²) in [5, 5.41) is 6.36. The van der Waals surface area contributed by atoms with Gasteiger partial charge >= 0.3 is 0 Å². The summed E-state index contributed by atoms with van der Waals surface area (Å²) >= 11 is 0. The molecule has 7 heteroatoms. The molecule has 25 heavy (non-hydrogen) atoms. The van der Waals surface area contributed by atoms with E-state index < -0.39 is 0 Å². The molecule has 1 fully saturated rings.